The highest BCUT2D eigenvalue weighted by molar-refractivity contribution is 5.84. The van der Waals surface area contributed by atoms with E-state index in [1.165, 1.54) is 5.56 Å². The van der Waals surface area contributed by atoms with Gasteiger partial charge in [-0.2, -0.15) is 4.98 Å². The molecule has 0 unspecified atom stereocenters. The van der Waals surface area contributed by atoms with E-state index < -0.39 is 11.2 Å². The van der Waals surface area contributed by atoms with Gasteiger partial charge in [-0.1, -0.05) is 44.2 Å². The van der Waals surface area contributed by atoms with Crippen LogP contribution in [0.25, 0.3) is 22.6 Å². The summed E-state index contributed by atoms with van der Waals surface area (Å²) in [5.41, 5.74) is 3.81. The second kappa shape index (κ2) is 13.8. The Balaban J connectivity index is 0.000000502. The molecular weight excluding hydrogens is 458 g/mol. The van der Waals surface area contributed by atoms with Gasteiger partial charge < -0.3 is 14.6 Å². The molecule has 9 heteroatoms. The maximum Gasteiger partial charge on any atom is 0.349 e. The summed E-state index contributed by atoms with van der Waals surface area (Å²) in [5, 5.41) is 3.18. The molecular formula is C27H35N5O4. The number of aryl methyl sites for hydroxylation is 3. The topological polar surface area (TPSA) is 119 Å². The smallest absolute Gasteiger partial charge is 0.349 e. The summed E-state index contributed by atoms with van der Waals surface area (Å²) in [6.07, 6.45) is 1.76. The van der Waals surface area contributed by atoms with Gasteiger partial charge in [0.1, 0.15) is 0 Å². The number of fused-ring (bicyclic) bond motifs is 2. The van der Waals surface area contributed by atoms with Gasteiger partial charge in [0.15, 0.2) is 11.5 Å². The Bertz CT molecular complexity index is 1350. The number of aromatic nitrogens is 4. The first-order chi connectivity index (χ1) is 17.3. The van der Waals surface area contributed by atoms with Gasteiger partial charge in [-0.3, -0.25) is 14.6 Å². The number of anilines is 1. The second-order valence-corrected chi connectivity index (χ2v) is 8.08. The van der Waals surface area contributed by atoms with E-state index in [1.807, 2.05) is 62.7 Å². The van der Waals surface area contributed by atoms with Crippen LogP contribution in [0.5, 0.6) is 0 Å². The third-order valence-electron chi connectivity index (χ3n) is 5.24. The zero-order valence-electron chi connectivity index (χ0n) is 21.8. The van der Waals surface area contributed by atoms with Crippen molar-refractivity contribution in [2.75, 3.05) is 12.4 Å². The van der Waals surface area contributed by atoms with Crippen LogP contribution >= 0.6 is 0 Å². The summed E-state index contributed by atoms with van der Waals surface area (Å²) >= 11 is 0. The van der Waals surface area contributed by atoms with Crippen LogP contribution in [0.1, 0.15) is 45.2 Å². The van der Waals surface area contributed by atoms with Gasteiger partial charge in [0.25, 0.3) is 12.0 Å². The lowest BCUT2D eigenvalue weighted by Gasteiger charge is -2.18. The number of benzene rings is 2. The van der Waals surface area contributed by atoms with Gasteiger partial charge in [-0.25, -0.2) is 9.78 Å². The van der Waals surface area contributed by atoms with Gasteiger partial charge in [-0.05, 0) is 56.9 Å². The number of ether oxygens (including phenoxy) is 1. The molecule has 36 heavy (non-hydrogen) atoms. The van der Waals surface area contributed by atoms with Gasteiger partial charge in [0.05, 0.1) is 17.1 Å². The van der Waals surface area contributed by atoms with Crippen LogP contribution in [0.2, 0.25) is 0 Å². The van der Waals surface area contributed by atoms with Crippen molar-refractivity contribution in [3.05, 3.63) is 74.4 Å². The van der Waals surface area contributed by atoms with Crippen LogP contribution in [-0.4, -0.2) is 39.1 Å². The Labute approximate surface area is 210 Å². The van der Waals surface area contributed by atoms with Crippen LogP contribution < -0.4 is 16.6 Å². The van der Waals surface area contributed by atoms with Crippen LogP contribution in [-0.2, 0) is 22.5 Å². The quantitative estimate of drug-likeness (QED) is 0.293. The summed E-state index contributed by atoms with van der Waals surface area (Å²) in [5.74, 6) is 0.320. The van der Waals surface area contributed by atoms with Crippen molar-refractivity contribution in [3.63, 3.8) is 0 Å². The molecule has 0 aliphatic carbocycles. The third-order valence-corrected chi connectivity index (χ3v) is 5.24. The lowest BCUT2D eigenvalue weighted by atomic mass is 10.1. The minimum atomic E-state index is -0.656. The number of nitrogens with one attached hydrogen (secondary N) is 2. The summed E-state index contributed by atoms with van der Waals surface area (Å²) in [4.78, 5) is 44.3. The van der Waals surface area contributed by atoms with Gasteiger partial charge in [0.2, 0.25) is 0 Å². The van der Waals surface area contributed by atoms with E-state index >= 15 is 0 Å². The fourth-order valence-electron chi connectivity index (χ4n) is 3.64. The minimum absolute atomic E-state index is 0.0301. The molecule has 0 bridgehead atoms. The molecule has 2 aliphatic rings. The number of aromatic amines is 1. The van der Waals surface area contributed by atoms with E-state index in [0.717, 1.165) is 29.6 Å². The Hall–Kier alpha value is -4.01. The van der Waals surface area contributed by atoms with E-state index in [9.17, 15) is 14.4 Å². The number of rotatable bonds is 7. The highest BCUT2D eigenvalue weighted by Gasteiger charge is 2.19. The molecule has 2 aliphatic heterocycles. The Kier molecular flexibility index (Phi) is 10.8. The van der Waals surface area contributed by atoms with Crippen molar-refractivity contribution in [1.29, 1.82) is 0 Å². The fraction of sp³-hybridized carbons (Fsp3) is 0.370. The zero-order valence-corrected chi connectivity index (χ0v) is 21.8. The van der Waals surface area contributed by atoms with E-state index in [0.29, 0.717) is 24.4 Å². The van der Waals surface area contributed by atoms with E-state index in [-0.39, 0.29) is 11.8 Å². The maximum absolute atomic E-state index is 12.3. The molecule has 0 atom stereocenters. The Morgan fingerprint density at radius 3 is 2.39 bits per heavy atom. The van der Waals surface area contributed by atoms with Crippen molar-refractivity contribution in [1.82, 2.24) is 19.5 Å². The molecule has 0 fully saturated rings. The maximum atomic E-state index is 12.3. The first-order valence-corrected chi connectivity index (χ1v) is 12.1. The third kappa shape index (κ3) is 7.24. The van der Waals surface area contributed by atoms with E-state index in [1.54, 1.807) is 13.8 Å². The molecule has 4 rings (SSSR count). The fourth-order valence-corrected chi connectivity index (χ4v) is 3.64. The van der Waals surface area contributed by atoms with E-state index in [2.05, 4.69) is 37.1 Å². The average Bonchev–Trinajstić information content (AvgIpc) is 2.86. The van der Waals surface area contributed by atoms with Crippen molar-refractivity contribution < 1.29 is 9.53 Å². The molecule has 2 heterocycles. The normalized spacial score (nSPS) is 10.3. The molecule has 2 N–H and O–H groups in total. The van der Waals surface area contributed by atoms with Gasteiger partial charge >= 0.3 is 5.69 Å². The van der Waals surface area contributed by atoms with Crippen LogP contribution in [0.4, 0.5) is 5.69 Å². The van der Waals surface area contributed by atoms with Crippen molar-refractivity contribution in [2.24, 2.45) is 0 Å². The highest BCUT2D eigenvalue weighted by Crippen LogP contribution is 2.26. The second-order valence-electron chi connectivity index (χ2n) is 8.08. The standard InChI is InChI=1S/C21H21N5O2.C4H8O2.C2H6/c1-13-11-16-17(12-15(13)22-2)26(10-6-9-14-7-4-3-5-8-14)19-18(23-16)20(27)25-21(28)24-19;1-4(2)6-3-5;1-2/h3-5,7-8,11-12,22H,6,9-10H2,1-2H3,(H,25,27,28);3-4H,1-2H3;1-2H3. The van der Waals surface area contributed by atoms with Crippen molar-refractivity contribution in [2.45, 2.75) is 60.1 Å². The first kappa shape index (κ1) is 28.2. The molecule has 2 aromatic rings. The highest BCUT2D eigenvalue weighted by atomic mass is 16.5. The molecule has 9 nitrogen and oxygen atoms in total. The Morgan fingerprint density at radius 2 is 1.81 bits per heavy atom. The van der Waals surface area contributed by atoms with Crippen LogP contribution in [0, 0.1) is 6.92 Å². The molecule has 0 saturated carbocycles. The SMILES string of the molecule is CC.CC(C)OC=O.CNc1cc2c(cc1C)nc1c(=O)[nH]c(=O)nc-1n2CCCc1ccccc1. The van der Waals surface area contributed by atoms with E-state index in [4.69, 9.17) is 0 Å². The van der Waals surface area contributed by atoms with Gasteiger partial charge in [-0.15, -0.1) is 0 Å². The number of carbonyl (C=O) groups excluding carboxylic acids is 1. The summed E-state index contributed by atoms with van der Waals surface area (Å²) < 4.78 is 6.29. The molecule has 0 saturated heterocycles. The number of H-pyrrole nitrogens is 1. The zero-order chi connectivity index (χ0) is 26.7. The molecule has 2 aromatic carbocycles. The summed E-state index contributed by atoms with van der Waals surface area (Å²) in [6, 6.07) is 14.2. The monoisotopic (exact) mass is 493 g/mol. The number of carbonyl (C=O) groups is 1. The molecule has 0 amide bonds. The molecule has 0 spiro atoms. The summed E-state index contributed by atoms with van der Waals surface area (Å²) in [7, 11) is 1.86. The first-order valence-electron chi connectivity index (χ1n) is 12.1. The van der Waals surface area contributed by atoms with Crippen LogP contribution in [0.15, 0.2) is 52.1 Å². The van der Waals surface area contributed by atoms with Crippen molar-refractivity contribution in [3.8, 4) is 11.5 Å². The Morgan fingerprint density at radius 1 is 1.11 bits per heavy atom. The lowest BCUT2D eigenvalue weighted by molar-refractivity contribution is -0.131. The molecule has 192 valence electrons. The molecule has 0 radical (unpaired) electrons. The van der Waals surface area contributed by atoms with Crippen molar-refractivity contribution >= 4 is 23.2 Å². The lowest BCUT2D eigenvalue weighted by Crippen LogP contribution is -2.29. The van der Waals surface area contributed by atoms with Crippen LogP contribution in [0.3, 0.4) is 0 Å². The molecule has 0 aromatic heterocycles. The number of hydrogen-bond acceptors (Lipinski definition) is 7. The predicted octanol–water partition coefficient (Wildman–Crippen LogP) is 4.16. The average molecular weight is 494 g/mol. The van der Waals surface area contributed by atoms with Gasteiger partial charge in [0, 0.05) is 19.3 Å². The predicted molar refractivity (Wildman–Crippen MR) is 144 cm³/mol. The number of hydrogen-bond donors (Lipinski definition) is 2. The summed E-state index contributed by atoms with van der Waals surface area (Å²) in [6.45, 7) is 10.7. The number of nitrogens with zero attached hydrogens (tertiary/aromatic N) is 3. The largest absolute Gasteiger partial charge is 0.465 e. The minimum Gasteiger partial charge on any atom is -0.465 e.